The van der Waals surface area contributed by atoms with Gasteiger partial charge in [-0.1, -0.05) is 0 Å². The first-order valence-corrected chi connectivity index (χ1v) is 4.18. The zero-order chi connectivity index (χ0) is 11.4. The average molecular weight is 209 g/mol. The highest BCUT2D eigenvalue weighted by Gasteiger charge is 2.00. The fourth-order valence-electron chi connectivity index (χ4n) is 0.760. The molecule has 0 aliphatic rings. The van der Waals surface area contributed by atoms with E-state index >= 15 is 0 Å². The summed E-state index contributed by atoms with van der Waals surface area (Å²) < 4.78 is 0. The van der Waals surface area contributed by atoms with Gasteiger partial charge in [-0.3, -0.25) is 4.90 Å². The van der Waals surface area contributed by atoms with Crippen LogP contribution in [0.25, 0.3) is 0 Å². The van der Waals surface area contributed by atoms with Crippen LogP contribution in [0.5, 0.6) is 0 Å². The van der Waals surface area contributed by atoms with E-state index in [0.29, 0.717) is 19.6 Å². The summed E-state index contributed by atoms with van der Waals surface area (Å²) in [7, 11) is 0. The molecule has 0 aliphatic carbocycles. The molecule has 0 aromatic carbocycles. The van der Waals surface area contributed by atoms with E-state index in [4.69, 9.17) is 20.1 Å². The fraction of sp³-hybridized carbons (Fsp3) is 0.857. The van der Waals surface area contributed by atoms with Crippen LogP contribution < -0.4 is 11.5 Å². The summed E-state index contributed by atoms with van der Waals surface area (Å²) in [6, 6.07) is -0.833. The molecule has 0 bridgehead atoms. The smallest absolute Gasteiger partial charge is 0.309 e. The Morgan fingerprint density at radius 1 is 0.929 bits per heavy atom. The van der Waals surface area contributed by atoms with Crippen molar-refractivity contribution in [2.24, 2.45) is 11.5 Å². The molecule has 0 rings (SSSR count). The number of hydrogen-bond acceptors (Lipinski definition) is 5. The van der Waals surface area contributed by atoms with Crippen molar-refractivity contribution < 1.29 is 20.1 Å². The highest BCUT2D eigenvalue weighted by molar-refractivity contribution is 5.69. The van der Waals surface area contributed by atoms with E-state index in [1.165, 1.54) is 0 Å². The standard InChI is InChI=1S/C6H15NO3.CH4N2O/c8-4-1-7(2-5-9)3-6-10;2-1(3)4/h8-10H,1-6H2;(H4,2,3,4). The molecule has 0 aromatic rings. The zero-order valence-corrected chi connectivity index (χ0v) is 8.09. The van der Waals surface area contributed by atoms with Gasteiger partial charge in [-0.15, -0.1) is 0 Å². The molecule has 86 valence electrons. The van der Waals surface area contributed by atoms with Gasteiger partial charge in [0.1, 0.15) is 0 Å². The predicted molar refractivity (Wildman–Crippen MR) is 51.5 cm³/mol. The lowest BCUT2D eigenvalue weighted by Gasteiger charge is -2.17. The minimum absolute atomic E-state index is 0.0694. The number of amides is 2. The van der Waals surface area contributed by atoms with E-state index in [0.717, 1.165) is 0 Å². The van der Waals surface area contributed by atoms with Crippen LogP contribution >= 0.6 is 0 Å². The molecule has 0 fully saturated rings. The van der Waals surface area contributed by atoms with E-state index in [9.17, 15) is 0 Å². The Labute approximate surface area is 82.9 Å². The van der Waals surface area contributed by atoms with Gasteiger partial charge in [-0.05, 0) is 0 Å². The maximum Gasteiger partial charge on any atom is 0.309 e. The number of aliphatic hydroxyl groups excluding tert-OH is 3. The first-order valence-electron chi connectivity index (χ1n) is 4.18. The lowest BCUT2D eigenvalue weighted by Crippen LogP contribution is -2.32. The van der Waals surface area contributed by atoms with Gasteiger partial charge in [0.05, 0.1) is 19.8 Å². The molecule has 0 unspecified atom stereocenters. The summed E-state index contributed by atoms with van der Waals surface area (Å²) in [5.74, 6) is 0. The first-order chi connectivity index (χ1) is 6.58. The van der Waals surface area contributed by atoms with Crippen molar-refractivity contribution in [2.75, 3.05) is 39.5 Å². The molecule has 0 atom stereocenters. The van der Waals surface area contributed by atoms with Crippen LogP contribution in [0.2, 0.25) is 0 Å². The molecule has 0 heterocycles. The van der Waals surface area contributed by atoms with Crippen molar-refractivity contribution in [3.05, 3.63) is 0 Å². The Balaban J connectivity index is 0. The lowest BCUT2D eigenvalue weighted by molar-refractivity contribution is 0.136. The third-order valence-electron chi connectivity index (χ3n) is 1.25. The molecule has 7 nitrogen and oxygen atoms in total. The van der Waals surface area contributed by atoms with Crippen LogP contribution in [-0.4, -0.2) is 65.7 Å². The Morgan fingerprint density at radius 2 is 1.14 bits per heavy atom. The normalized spacial score (nSPS) is 9.43. The minimum Gasteiger partial charge on any atom is -0.395 e. The van der Waals surface area contributed by atoms with Crippen LogP contribution in [0.3, 0.4) is 0 Å². The van der Waals surface area contributed by atoms with Gasteiger partial charge in [0, 0.05) is 19.6 Å². The molecular formula is C7H19N3O4. The number of nitrogens with zero attached hydrogens (tertiary/aromatic N) is 1. The number of carbonyl (C=O) groups excluding carboxylic acids is 1. The summed E-state index contributed by atoms with van der Waals surface area (Å²) in [6.07, 6.45) is 0. The van der Waals surface area contributed by atoms with Crippen LogP contribution in [0.15, 0.2) is 0 Å². The quantitative estimate of drug-likeness (QED) is 0.324. The highest BCUT2D eigenvalue weighted by atomic mass is 16.3. The van der Waals surface area contributed by atoms with E-state index in [1.54, 1.807) is 4.90 Å². The number of nitrogens with two attached hydrogens (primary N) is 2. The summed E-state index contributed by atoms with van der Waals surface area (Å²) >= 11 is 0. The topological polar surface area (TPSA) is 133 Å². The Kier molecular flexibility index (Phi) is 13.5. The predicted octanol–water partition coefficient (Wildman–Crippen LogP) is -2.71. The summed E-state index contributed by atoms with van der Waals surface area (Å²) in [5, 5.41) is 25.5. The van der Waals surface area contributed by atoms with Gasteiger partial charge >= 0.3 is 6.03 Å². The van der Waals surface area contributed by atoms with Gasteiger partial charge in [-0.25, -0.2) is 4.79 Å². The number of rotatable bonds is 6. The third-order valence-corrected chi connectivity index (χ3v) is 1.25. The van der Waals surface area contributed by atoms with Gasteiger partial charge in [0.15, 0.2) is 0 Å². The number of aliphatic hydroxyl groups is 3. The molecule has 2 amide bonds. The monoisotopic (exact) mass is 209 g/mol. The van der Waals surface area contributed by atoms with Crippen LogP contribution in [-0.2, 0) is 0 Å². The second-order valence-electron chi connectivity index (χ2n) is 2.41. The highest BCUT2D eigenvalue weighted by Crippen LogP contribution is 1.84. The van der Waals surface area contributed by atoms with Crippen molar-refractivity contribution >= 4 is 6.03 Å². The largest absolute Gasteiger partial charge is 0.395 e. The van der Waals surface area contributed by atoms with Crippen LogP contribution in [0.1, 0.15) is 0 Å². The van der Waals surface area contributed by atoms with Crippen LogP contribution in [0, 0.1) is 0 Å². The number of primary amides is 2. The maximum atomic E-state index is 9.00. The van der Waals surface area contributed by atoms with Gasteiger partial charge < -0.3 is 26.8 Å². The van der Waals surface area contributed by atoms with Crippen molar-refractivity contribution in [1.29, 1.82) is 0 Å². The van der Waals surface area contributed by atoms with Crippen molar-refractivity contribution in [1.82, 2.24) is 4.90 Å². The summed E-state index contributed by atoms with van der Waals surface area (Å²) in [5.41, 5.74) is 8.50. The summed E-state index contributed by atoms with van der Waals surface area (Å²) in [4.78, 5) is 10.8. The molecule has 0 saturated heterocycles. The molecule has 0 saturated carbocycles. The molecule has 0 aromatic heterocycles. The minimum atomic E-state index is -0.833. The second kappa shape index (κ2) is 12.1. The van der Waals surface area contributed by atoms with E-state index < -0.39 is 6.03 Å². The van der Waals surface area contributed by atoms with Crippen molar-refractivity contribution in [3.8, 4) is 0 Å². The third kappa shape index (κ3) is 17.3. The van der Waals surface area contributed by atoms with E-state index in [2.05, 4.69) is 11.5 Å². The molecule has 7 N–H and O–H groups in total. The lowest BCUT2D eigenvalue weighted by atomic mass is 10.4. The Hall–Kier alpha value is -0.890. The molecule has 7 heteroatoms. The molecular weight excluding hydrogens is 190 g/mol. The first kappa shape index (κ1) is 15.6. The summed E-state index contributed by atoms with van der Waals surface area (Å²) in [6.45, 7) is 1.75. The fourth-order valence-corrected chi connectivity index (χ4v) is 0.760. The molecule has 0 spiro atoms. The van der Waals surface area contributed by atoms with Gasteiger partial charge in [0.2, 0.25) is 0 Å². The molecule has 14 heavy (non-hydrogen) atoms. The second-order valence-corrected chi connectivity index (χ2v) is 2.41. The van der Waals surface area contributed by atoms with Crippen molar-refractivity contribution in [3.63, 3.8) is 0 Å². The Bertz CT molecular complexity index is 116. The number of urea groups is 1. The molecule has 0 aliphatic heterocycles. The van der Waals surface area contributed by atoms with Crippen LogP contribution in [0.4, 0.5) is 4.79 Å². The maximum absolute atomic E-state index is 9.00. The van der Waals surface area contributed by atoms with Gasteiger partial charge in [-0.2, -0.15) is 0 Å². The van der Waals surface area contributed by atoms with E-state index in [-0.39, 0.29) is 19.8 Å². The Morgan fingerprint density at radius 3 is 1.29 bits per heavy atom. The van der Waals surface area contributed by atoms with E-state index in [1.807, 2.05) is 0 Å². The van der Waals surface area contributed by atoms with Gasteiger partial charge in [0.25, 0.3) is 0 Å². The molecule has 0 radical (unpaired) electrons. The average Bonchev–Trinajstić information content (AvgIpc) is 2.04. The zero-order valence-electron chi connectivity index (χ0n) is 8.09. The SMILES string of the molecule is NC(N)=O.OCCN(CCO)CCO. The number of carbonyl (C=O) groups is 1. The number of hydrogen-bond donors (Lipinski definition) is 5. The van der Waals surface area contributed by atoms with Crippen molar-refractivity contribution in [2.45, 2.75) is 0 Å².